The van der Waals surface area contributed by atoms with E-state index in [4.69, 9.17) is 21.1 Å². The summed E-state index contributed by atoms with van der Waals surface area (Å²) in [6.45, 7) is 0.818. The summed E-state index contributed by atoms with van der Waals surface area (Å²) in [5.74, 6) is -0.817. The number of benzene rings is 3. The summed E-state index contributed by atoms with van der Waals surface area (Å²) >= 11 is 7.39. The molecule has 4 aromatic rings. The number of thiazole rings is 1. The molecule has 1 fully saturated rings. The van der Waals surface area contributed by atoms with Crippen molar-refractivity contribution in [2.45, 2.75) is 6.04 Å². The molecule has 35 heavy (non-hydrogen) atoms. The summed E-state index contributed by atoms with van der Waals surface area (Å²) < 4.78 is 12.0. The second-order valence-corrected chi connectivity index (χ2v) is 9.49. The fourth-order valence-corrected chi connectivity index (χ4v) is 5.58. The predicted octanol–water partition coefficient (Wildman–Crippen LogP) is 5.35. The van der Waals surface area contributed by atoms with Gasteiger partial charge in [-0.05, 0) is 42.0 Å². The summed E-state index contributed by atoms with van der Waals surface area (Å²) in [6.07, 6.45) is 0. The zero-order chi connectivity index (χ0) is 24.1. The van der Waals surface area contributed by atoms with Gasteiger partial charge in [-0.3, -0.25) is 14.5 Å². The van der Waals surface area contributed by atoms with Crippen LogP contribution in [0.2, 0.25) is 5.02 Å². The molecule has 0 radical (unpaired) electrons. The van der Waals surface area contributed by atoms with Crippen LogP contribution < -0.4 is 14.4 Å². The van der Waals surface area contributed by atoms with Crippen LogP contribution in [0.5, 0.6) is 11.5 Å². The Morgan fingerprint density at radius 3 is 2.57 bits per heavy atom. The maximum absolute atomic E-state index is 13.3. The van der Waals surface area contributed by atoms with E-state index in [-0.39, 0.29) is 11.3 Å². The number of fused-ring (bicyclic) bond motifs is 2. The van der Waals surface area contributed by atoms with Crippen molar-refractivity contribution in [1.29, 1.82) is 0 Å². The maximum Gasteiger partial charge on any atom is 0.301 e. The molecule has 6 rings (SSSR count). The quantitative estimate of drug-likeness (QED) is 0.230. The molecule has 7 nitrogen and oxygen atoms in total. The molecule has 0 saturated carbocycles. The van der Waals surface area contributed by atoms with Crippen LogP contribution in [-0.4, -0.2) is 35.0 Å². The molecule has 3 heterocycles. The first-order valence-corrected chi connectivity index (χ1v) is 12.0. The molecule has 0 bridgehead atoms. The van der Waals surface area contributed by atoms with E-state index in [2.05, 4.69) is 4.98 Å². The van der Waals surface area contributed by atoms with Crippen molar-refractivity contribution in [3.63, 3.8) is 0 Å². The smallest absolute Gasteiger partial charge is 0.301 e. The normalized spacial score (nSPS) is 18.9. The number of aliphatic hydroxyl groups is 1. The van der Waals surface area contributed by atoms with Gasteiger partial charge in [0.2, 0.25) is 0 Å². The highest BCUT2D eigenvalue weighted by molar-refractivity contribution is 7.22. The number of hydrogen-bond acceptors (Lipinski definition) is 7. The highest BCUT2D eigenvalue weighted by atomic mass is 35.5. The Morgan fingerprint density at radius 2 is 1.77 bits per heavy atom. The van der Waals surface area contributed by atoms with Crippen LogP contribution >= 0.6 is 22.9 Å². The lowest BCUT2D eigenvalue weighted by Crippen LogP contribution is -2.29. The number of ketones is 1. The van der Waals surface area contributed by atoms with E-state index in [0.717, 1.165) is 4.70 Å². The Balaban J connectivity index is 1.53. The standard InChI is InChI=1S/C26H17ClN2O5S/c27-16-7-8-17-20(13-16)35-26(28-17)29-22(14-4-2-1-3-5-14)21(24(31)25(29)32)23(30)15-6-9-18-19(12-15)34-11-10-33-18/h1-9,12-13,22,30H,10-11H2/b23-21-. The number of aliphatic hydroxyl groups excluding tert-OH is 1. The van der Waals surface area contributed by atoms with E-state index in [0.29, 0.717) is 51.5 Å². The first kappa shape index (κ1) is 21.6. The van der Waals surface area contributed by atoms with Crippen molar-refractivity contribution < 1.29 is 24.2 Å². The number of halogens is 1. The van der Waals surface area contributed by atoms with Gasteiger partial charge in [-0.15, -0.1) is 0 Å². The van der Waals surface area contributed by atoms with Crippen LogP contribution in [0.25, 0.3) is 16.0 Å². The Labute approximate surface area is 208 Å². The van der Waals surface area contributed by atoms with Gasteiger partial charge >= 0.3 is 5.91 Å². The van der Waals surface area contributed by atoms with Gasteiger partial charge in [0.15, 0.2) is 16.6 Å². The monoisotopic (exact) mass is 504 g/mol. The molecule has 9 heteroatoms. The number of carbonyl (C=O) groups is 2. The number of aromatic nitrogens is 1. The lowest BCUT2D eigenvalue weighted by atomic mass is 9.95. The van der Waals surface area contributed by atoms with E-state index in [1.807, 2.05) is 30.3 Å². The van der Waals surface area contributed by atoms with Crippen LogP contribution in [-0.2, 0) is 9.59 Å². The molecule has 0 spiro atoms. The number of carbonyl (C=O) groups excluding carboxylic acids is 2. The van der Waals surface area contributed by atoms with Crippen LogP contribution in [0.3, 0.4) is 0 Å². The second kappa shape index (κ2) is 8.41. The van der Waals surface area contributed by atoms with Gasteiger partial charge in [0, 0.05) is 10.6 Å². The first-order valence-electron chi connectivity index (χ1n) is 10.8. The fraction of sp³-hybridized carbons (Fsp3) is 0.115. The van der Waals surface area contributed by atoms with Crippen molar-refractivity contribution >= 4 is 55.7 Å². The van der Waals surface area contributed by atoms with E-state index in [1.54, 1.807) is 36.4 Å². The molecule has 1 unspecified atom stereocenters. The predicted molar refractivity (Wildman–Crippen MR) is 133 cm³/mol. The molecule has 2 aliphatic rings. The molecular weight excluding hydrogens is 488 g/mol. The highest BCUT2D eigenvalue weighted by Gasteiger charge is 2.48. The highest BCUT2D eigenvalue weighted by Crippen LogP contribution is 2.45. The summed E-state index contributed by atoms with van der Waals surface area (Å²) in [5, 5.41) is 12.2. The van der Waals surface area contributed by atoms with Crippen LogP contribution in [0.4, 0.5) is 5.13 Å². The maximum atomic E-state index is 13.3. The Hall–Kier alpha value is -3.88. The van der Waals surface area contributed by atoms with Crippen LogP contribution in [0.15, 0.2) is 72.3 Å². The first-order chi connectivity index (χ1) is 17.0. The van der Waals surface area contributed by atoms with Crippen molar-refractivity contribution in [1.82, 2.24) is 4.98 Å². The Bertz CT molecular complexity index is 1530. The molecule has 1 amide bonds. The third-order valence-electron chi connectivity index (χ3n) is 5.92. The number of hydrogen-bond donors (Lipinski definition) is 1. The third-order valence-corrected chi connectivity index (χ3v) is 7.17. The van der Waals surface area contributed by atoms with E-state index in [1.165, 1.54) is 16.2 Å². The fourth-order valence-electron chi connectivity index (χ4n) is 4.32. The number of amides is 1. The van der Waals surface area contributed by atoms with E-state index < -0.39 is 17.7 Å². The van der Waals surface area contributed by atoms with Gasteiger partial charge in [0.05, 0.1) is 21.8 Å². The largest absolute Gasteiger partial charge is 0.507 e. The Morgan fingerprint density at radius 1 is 1.00 bits per heavy atom. The van der Waals surface area contributed by atoms with E-state index >= 15 is 0 Å². The average molecular weight is 505 g/mol. The molecular formula is C26H17ClN2O5S. The minimum atomic E-state index is -0.861. The summed E-state index contributed by atoms with van der Waals surface area (Å²) in [4.78, 5) is 32.6. The molecule has 3 aromatic carbocycles. The Kier molecular flexibility index (Phi) is 5.20. The zero-order valence-corrected chi connectivity index (χ0v) is 19.7. The van der Waals surface area contributed by atoms with Gasteiger partial charge in [-0.1, -0.05) is 53.3 Å². The average Bonchev–Trinajstić information content (AvgIpc) is 3.41. The van der Waals surface area contributed by atoms with Gasteiger partial charge in [0.1, 0.15) is 19.0 Å². The molecule has 1 saturated heterocycles. The van der Waals surface area contributed by atoms with Gasteiger partial charge < -0.3 is 14.6 Å². The lowest BCUT2D eigenvalue weighted by Gasteiger charge is -2.23. The minimum absolute atomic E-state index is 0.0184. The topological polar surface area (TPSA) is 89.0 Å². The number of anilines is 1. The molecule has 1 atom stereocenters. The molecule has 1 aromatic heterocycles. The van der Waals surface area contributed by atoms with Crippen LogP contribution in [0.1, 0.15) is 17.2 Å². The van der Waals surface area contributed by atoms with Gasteiger partial charge in [-0.2, -0.15) is 0 Å². The molecule has 1 N–H and O–H groups in total. The molecule has 2 aliphatic heterocycles. The lowest BCUT2D eigenvalue weighted by molar-refractivity contribution is -0.132. The second-order valence-electron chi connectivity index (χ2n) is 8.05. The number of rotatable bonds is 3. The number of Topliss-reactive ketones (excluding diaryl/α,β-unsaturated/α-hetero) is 1. The molecule has 0 aliphatic carbocycles. The summed E-state index contributed by atoms with van der Waals surface area (Å²) in [6, 6.07) is 18.4. The summed E-state index contributed by atoms with van der Waals surface area (Å²) in [7, 11) is 0. The summed E-state index contributed by atoms with van der Waals surface area (Å²) in [5.41, 5.74) is 1.66. The van der Waals surface area contributed by atoms with Gasteiger partial charge in [0.25, 0.3) is 5.78 Å². The third kappa shape index (κ3) is 3.62. The minimum Gasteiger partial charge on any atom is -0.507 e. The van der Waals surface area contributed by atoms with E-state index in [9.17, 15) is 14.7 Å². The molecule has 174 valence electrons. The number of nitrogens with zero attached hydrogens (tertiary/aromatic N) is 2. The van der Waals surface area contributed by atoms with Crippen molar-refractivity contribution in [2.75, 3.05) is 18.1 Å². The SMILES string of the molecule is O=C1C(=O)N(c2nc3ccc(Cl)cc3s2)C(c2ccccc2)/C1=C(/O)c1ccc2c(c1)OCCO2. The zero-order valence-electron chi connectivity index (χ0n) is 18.1. The van der Waals surface area contributed by atoms with Crippen molar-refractivity contribution in [3.05, 3.63) is 88.5 Å². The van der Waals surface area contributed by atoms with Crippen LogP contribution in [0, 0.1) is 0 Å². The number of ether oxygens (including phenoxy) is 2. The van der Waals surface area contributed by atoms with Gasteiger partial charge in [-0.25, -0.2) is 4.98 Å². The van der Waals surface area contributed by atoms with Crippen molar-refractivity contribution in [2.24, 2.45) is 0 Å². The van der Waals surface area contributed by atoms with Crippen molar-refractivity contribution in [3.8, 4) is 11.5 Å².